The van der Waals surface area contributed by atoms with E-state index in [1.807, 2.05) is 49.4 Å². The third kappa shape index (κ3) is 5.77. The van der Waals surface area contributed by atoms with E-state index in [0.717, 1.165) is 50.3 Å². The Hall–Kier alpha value is -3.12. The Morgan fingerprint density at radius 1 is 1.12 bits per heavy atom. The number of piperidine rings is 1. The summed E-state index contributed by atoms with van der Waals surface area (Å²) in [6, 6.07) is 18.0. The summed E-state index contributed by atoms with van der Waals surface area (Å²) in [7, 11) is 1.69. The van der Waals surface area contributed by atoms with Crippen LogP contribution in [0, 0.1) is 12.8 Å². The SMILES string of the molecule is COc1ccc(CN2CCC(CNC(=O)Cc3nc(-c4ccccc4)oc3C)CC2)cc1. The normalized spacial score (nSPS) is 14.9. The molecule has 1 amide bonds. The standard InChI is InChI=1S/C26H31N3O3/c1-19-24(28-26(32-19)22-6-4-3-5-7-22)16-25(30)27-17-20-12-14-29(15-13-20)18-21-8-10-23(31-2)11-9-21/h3-11,20H,12-18H2,1-2H3,(H,27,30). The minimum Gasteiger partial charge on any atom is -0.497 e. The highest BCUT2D eigenvalue weighted by atomic mass is 16.5. The van der Waals surface area contributed by atoms with Crippen LogP contribution in [-0.2, 0) is 17.8 Å². The lowest BCUT2D eigenvalue weighted by Gasteiger charge is -2.32. The number of benzene rings is 2. The van der Waals surface area contributed by atoms with Gasteiger partial charge in [-0.25, -0.2) is 4.98 Å². The summed E-state index contributed by atoms with van der Waals surface area (Å²) in [6.07, 6.45) is 2.44. The first kappa shape index (κ1) is 22.1. The number of nitrogens with one attached hydrogen (secondary N) is 1. The molecule has 0 atom stereocenters. The number of aromatic nitrogens is 1. The summed E-state index contributed by atoms with van der Waals surface area (Å²) in [5, 5.41) is 3.10. The van der Waals surface area contributed by atoms with Crippen molar-refractivity contribution in [3.63, 3.8) is 0 Å². The molecule has 2 aromatic carbocycles. The lowest BCUT2D eigenvalue weighted by molar-refractivity contribution is -0.120. The molecule has 1 N–H and O–H groups in total. The van der Waals surface area contributed by atoms with Crippen molar-refractivity contribution in [1.82, 2.24) is 15.2 Å². The van der Waals surface area contributed by atoms with E-state index in [2.05, 4.69) is 27.3 Å². The van der Waals surface area contributed by atoms with Crippen molar-refractivity contribution < 1.29 is 13.9 Å². The number of amides is 1. The highest BCUT2D eigenvalue weighted by Gasteiger charge is 2.21. The zero-order chi connectivity index (χ0) is 22.3. The van der Waals surface area contributed by atoms with Crippen LogP contribution in [0.2, 0.25) is 0 Å². The minimum absolute atomic E-state index is 0.00155. The second-order valence-corrected chi connectivity index (χ2v) is 8.44. The maximum Gasteiger partial charge on any atom is 0.226 e. The number of likely N-dealkylation sites (tertiary alicyclic amines) is 1. The van der Waals surface area contributed by atoms with Gasteiger partial charge in [-0.2, -0.15) is 0 Å². The Balaban J connectivity index is 1.20. The lowest BCUT2D eigenvalue weighted by Crippen LogP contribution is -2.38. The second kappa shape index (κ2) is 10.5. The molecule has 32 heavy (non-hydrogen) atoms. The molecule has 6 nitrogen and oxygen atoms in total. The third-order valence-corrected chi connectivity index (χ3v) is 6.10. The maximum atomic E-state index is 12.5. The predicted molar refractivity (Wildman–Crippen MR) is 124 cm³/mol. The number of carbonyl (C=O) groups is 1. The van der Waals surface area contributed by atoms with Crippen LogP contribution in [0.1, 0.15) is 29.9 Å². The fourth-order valence-corrected chi connectivity index (χ4v) is 4.11. The second-order valence-electron chi connectivity index (χ2n) is 8.44. The number of carbonyl (C=O) groups excluding carboxylic acids is 1. The van der Waals surface area contributed by atoms with Crippen molar-refractivity contribution in [3.05, 3.63) is 71.6 Å². The minimum atomic E-state index is 0.00155. The molecule has 3 aromatic rings. The Morgan fingerprint density at radius 3 is 2.53 bits per heavy atom. The van der Waals surface area contributed by atoms with Gasteiger partial charge in [0.25, 0.3) is 0 Å². The Bertz CT molecular complexity index is 1010. The van der Waals surface area contributed by atoms with E-state index in [1.54, 1.807) is 7.11 Å². The largest absolute Gasteiger partial charge is 0.497 e. The van der Waals surface area contributed by atoms with Gasteiger partial charge in [0.05, 0.1) is 19.2 Å². The molecular weight excluding hydrogens is 402 g/mol. The smallest absolute Gasteiger partial charge is 0.226 e. The molecule has 4 rings (SSSR count). The van der Waals surface area contributed by atoms with Gasteiger partial charge in [0, 0.05) is 18.7 Å². The van der Waals surface area contributed by atoms with E-state index >= 15 is 0 Å². The summed E-state index contributed by atoms with van der Waals surface area (Å²) in [6.45, 7) is 5.64. The van der Waals surface area contributed by atoms with E-state index in [4.69, 9.17) is 9.15 Å². The van der Waals surface area contributed by atoms with E-state index < -0.39 is 0 Å². The van der Waals surface area contributed by atoms with Crippen molar-refractivity contribution in [2.24, 2.45) is 5.92 Å². The van der Waals surface area contributed by atoms with E-state index in [9.17, 15) is 4.79 Å². The van der Waals surface area contributed by atoms with Gasteiger partial charge in [0.2, 0.25) is 11.8 Å². The van der Waals surface area contributed by atoms with Crippen molar-refractivity contribution in [2.45, 2.75) is 32.7 Å². The zero-order valence-corrected chi connectivity index (χ0v) is 18.8. The number of methoxy groups -OCH3 is 1. The van der Waals surface area contributed by atoms with E-state index in [0.29, 0.717) is 23.3 Å². The van der Waals surface area contributed by atoms with Crippen LogP contribution < -0.4 is 10.1 Å². The zero-order valence-electron chi connectivity index (χ0n) is 18.8. The van der Waals surface area contributed by atoms with Gasteiger partial charge in [-0.05, 0) is 68.6 Å². The van der Waals surface area contributed by atoms with Crippen LogP contribution in [-0.4, -0.2) is 42.5 Å². The number of nitrogens with zero attached hydrogens (tertiary/aromatic N) is 2. The van der Waals surface area contributed by atoms with Crippen molar-refractivity contribution >= 4 is 5.91 Å². The summed E-state index contributed by atoms with van der Waals surface area (Å²) in [4.78, 5) is 19.5. The molecule has 1 saturated heterocycles. The molecule has 6 heteroatoms. The Morgan fingerprint density at radius 2 is 1.84 bits per heavy atom. The first-order chi connectivity index (χ1) is 15.6. The first-order valence-electron chi connectivity index (χ1n) is 11.2. The average molecular weight is 434 g/mol. The van der Waals surface area contributed by atoms with Gasteiger partial charge in [-0.1, -0.05) is 30.3 Å². The van der Waals surface area contributed by atoms with Gasteiger partial charge >= 0.3 is 0 Å². The van der Waals surface area contributed by atoms with E-state index in [-0.39, 0.29) is 12.3 Å². The molecule has 0 spiro atoms. The highest BCUT2D eigenvalue weighted by molar-refractivity contribution is 5.78. The lowest BCUT2D eigenvalue weighted by atomic mass is 9.96. The molecule has 168 valence electrons. The topological polar surface area (TPSA) is 67.6 Å². The van der Waals surface area contributed by atoms with Gasteiger partial charge in [0.1, 0.15) is 11.5 Å². The quantitative estimate of drug-likeness (QED) is 0.576. The molecule has 1 aromatic heterocycles. The Labute approximate surface area is 189 Å². The summed E-state index contributed by atoms with van der Waals surface area (Å²) < 4.78 is 11.0. The fraction of sp³-hybridized carbons (Fsp3) is 0.385. The monoisotopic (exact) mass is 433 g/mol. The molecule has 0 unspecified atom stereocenters. The van der Waals surface area contributed by atoms with Crippen LogP contribution >= 0.6 is 0 Å². The van der Waals surface area contributed by atoms with Gasteiger partial charge in [-0.15, -0.1) is 0 Å². The maximum absolute atomic E-state index is 12.5. The number of hydrogen-bond acceptors (Lipinski definition) is 5. The van der Waals surface area contributed by atoms with Crippen molar-refractivity contribution in [3.8, 4) is 17.2 Å². The van der Waals surface area contributed by atoms with Crippen LogP contribution in [0.15, 0.2) is 59.0 Å². The molecule has 0 bridgehead atoms. The Kier molecular flexibility index (Phi) is 7.22. The average Bonchev–Trinajstić information content (AvgIpc) is 3.19. The molecule has 1 fully saturated rings. The molecule has 1 aliphatic rings. The number of rotatable bonds is 8. The fourth-order valence-electron chi connectivity index (χ4n) is 4.11. The van der Waals surface area contributed by atoms with Crippen LogP contribution in [0.3, 0.4) is 0 Å². The van der Waals surface area contributed by atoms with Crippen molar-refractivity contribution in [2.75, 3.05) is 26.7 Å². The number of oxazole rings is 1. The van der Waals surface area contributed by atoms with Gasteiger partial charge in [-0.3, -0.25) is 9.69 Å². The molecular formula is C26H31N3O3. The van der Waals surface area contributed by atoms with Gasteiger partial charge < -0.3 is 14.5 Å². The third-order valence-electron chi connectivity index (χ3n) is 6.10. The number of aryl methyl sites for hydroxylation is 1. The molecule has 0 saturated carbocycles. The molecule has 0 aliphatic carbocycles. The predicted octanol–water partition coefficient (Wildman–Crippen LogP) is 4.23. The van der Waals surface area contributed by atoms with Crippen LogP contribution in [0.25, 0.3) is 11.5 Å². The van der Waals surface area contributed by atoms with Crippen molar-refractivity contribution in [1.29, 1.82) is 0 Å². The summed E-state index contributed by atoms with van der Waals surface area (Å²) in [5.41, 5.74) is 2.93. The van der Waals surface area contributed by atoms with Gasteiger partial charge in [0.15, 0.2) is 0 Å². The molecule has 0 radical (unpaired) electrons. The van der Waals surface area contributed by atoms with Crippen LogP contribution in [0.5, 0.6) is 5.75 Å². The summed E-state index contributed by atoms with van der Waals surface area (Å²) >= 11 is 0. The molecule has 1 aliphatic heterocycles. The van der Waals surface area contributed by atoms with E-state index in [1.165, 1.54) is 5.56 Å². The summed E-state index contributed by atoms with van der Waals surface area (Å²) in [5.74, 6) is 2.67. The highest BCUT2D eigenvalue weighted by Crippen LogP contribution is 2.22. The number of ether oxygens (including phenoxy) is 1. The first-order valence-corrected chi connectivity index (χ1v) is 11.2. The van der Waals surface area contributed by atoms with Crippen LogP contribution in [0.4, 0.5) is 0 Å². The molecule has 2 heterocycles. The number of hydrogen-bond donors (Lipinski definition) is 1.